The fraction of sp³-hybridized carbons (Fsp3) is 0.676. The van der Waals surface area contributed by atoms with Crippen molar-refractivity contribution >= 4 is 10.9 Å². The molecule has 1 spiro atoms. The van der Waals surface area contributed by atoms with E-state index in [1.165, 1.54) is 33.3 Å². The first-order valence-corrected chi connectivity index (χ1v) is 16.7. The number of nitrogens with one attached hydrogen (secondary N) is 1. The average molecular weight is 602 g/mol. The molecule has 0 radical (unpaired) electrons. The minimum atomic E-state index is -1.12. The van der Waals surface area contributed by atoms with Crippen molar-refractivity contribution in [1.29, 1.82) is 0 Å². The Bertz CT molecular complexity index is 1660. The molecule has 7 heteroatoms. The van der Waals surface area contributed by atoms with E-state index in [1.54, 1.807) is 0 Å². The third-order valence-corrected chi connectivity index (χ3v) is 13.3. The summed E-state index contributed by atoms with van der Waals surface area (Å²) in [7, 11) is 0. The molecule has 1 aromatic carbocycles. The van der Waals surface area contributed by atoms with Gasteiger partial charge >= 0.3 is 0 Å². The van der Waals surface area contributed by atoms with Crippen LogP contribution in [0, 0.1) is 11.3 Å². The van der Waals surface area contributed by atoms with Crippen LogP contribution in [0.1, 0.15) is 91.5 Å². The maximum atomic E-state index is 13.3. The van der Waals surface area contributed by atoms with Gasteiger partial charge in [-0.3, -0.25) is 0 Å². The van der Waals surface area contributed by atoms with Gasteiger partial charge in [0.15, 0.2) is 18.0 Å². The average Bonchev–Trinajstić information content (AvgIpc) is 3.78. The fourth-order valence-corrected chi connectivity index (χ4v) is 10.5. The van der Waals surface area contributed by atoms with Crippen LogP contribution < -0.4 is 0 Å². The van der Waals surface area contributed by atoms with E-state index in [1.807, 2.05) is 0 Å². The zero-order valence-electron chi connectivity index (χ0n) is 27.4. The van der Waals surface area contributed by atoms with Gasteiger partial charge < -0.3 is 33.8 Å². The van der Waals surface area contributed by atoms with E-state index in [0.717, 1.165) is 31.4 Å². The third kappa shape index (κ3) is 3.12. The van der Waals surface area contributed by atoms with Crippen molar-refractivity contribution < 1.29 is 28.8 Å². The van der Waals surface area contributed by atoms with E-state index in [-0.39, 0.29) is 35.4 Å². The van der Waals surface area contributed by atoms with Crippen LogP contribution in [0.15, 0.2) is 41.7 Å². The molecule has 0 amide bonds. The quantitative estimate of drug-likeness (QED) is 0.324. The highest BCUT2D eigenvalue weighted by Gasteiger charge is 2.86. The molecule has 10 atom stereocenters. The van der Waals surface area contributed by atoms with E-state index in [9.17, 15) is 5.11 Å². The van der Waals surface area contributed by atoms with Crippen LogP contribution in [-0.4, -0.2) is 63.2 Å². The van der Waals surface area contributed by atoms with E-state index in [4.69, 9.17) is 23.7 Å². The minimum Gasteiger partial charge on any atom is -0.486 e. The number of fused-ring (bicyclic) bond motifs is 9. The van der Waals surface area contributed by atoms with Crippen LogP contribution in [0.4, 0.5) is 0 Å². The minimum absolute atomic E-state index is 0.135. The molecule has 2 N–H and O–H groups in total. The number of aromatic amines is 1. The zero-order valence-corrected chi connectivity index (χ0v) is 27.4. The lowest BCUT2D eigenvalue weighted by Crippen LogP contribution is -2.74. The first-order chi connectivity index (χ1) is 20.7. The maximum Gasteiger partial charge on any atom is 0.188 e. The molecule has 236 valence electrons. The van der Waals surface area contributed by atoms with Crippen LogP contribution in [0.25, 0.3) is 10.9 Å². The van der Waals surface area contributed by atoms with Gasteiger partial charge in [-0.15, -0.1) is 0 Å². The van der Waals surface area contributed by atoms with E-state index >= 15 is 0 Å². The first kappa shape index (κ1) is 28.1. The van der Waals surface area contributed by atoms with Crippen LogP contribution in [-0.2, 0) is 41.9 Å². The molecule has 4 aliphatic heterocycles. The summed E-state index contributed by atoms with van der Waals surface area (Å²) in [5.74, 6) is 1.21. The second-order valence-corrected chi connectivity index (χ2v) is 16.6. The van der Waals surface area contributed by atoms with Crippen molar-refractivity contribution in [3.8, 4) is 0 Å². The number of hydrogen-bond acceptors (Lipinski definition) is 6. The standard InChI is InChI=1S/C37H47NO6/c1-19(2)12-13-20-10-9-11-23-25(20)22-18-21-14-17-36(39)34(7,35(21,8)27(22)38-23)16-15-24-37(36)29(43-37)26-28(40-24)32(3,4)44-31(41-26)30-33(5,6)42-30/h9-12,15,21,26,28-31,38-39H,13-14,16-18H2,1-8H3/t21-,26+,28-,29+,30?,31-,34+,35+,36-,37-/m0/s1. The summed E-state index contributed by atoms with van der Waals surface area (Å²) in [5.41, 5.74) is 3.00. The van der Waals surface area contributed by atoms with Crippen LogP contribution in [0.2, 0.25) is 0 Å². The Kier molecular flexibility index (Phi) is 5.24. The largest absolute Gasteiger partial charge is 0.486 e. The molecule has 9 rings (SSSR count). The number of aromatic nitrogens is 1. The molecule has 5 heterocycles. The summed E-state index contributed by atoms with van der Waals surface area (Å²) in [5, 5.41) is 14.7. The summed E-state index contributed by atoms with van der Waals surface area (Å²) in [6.07, 6.45) is 7.22. The zero-order chi connectivity index (χ0) is 30.8. The number of ether oxygens (including phenoxy) is 5. The second-order valence-electron chi connectivity index (χ2n) is 16.6. The van der Waals surface area contributed by atoms with Gasteiger partial charge in [0, 0.05) is 27.4 Å². The Morgan fingerprint density at radius 3 is 2.48 bits per heavy atom. The molecule has 1 aromatic heterocycles. The monoisotopic (exact) mass is 601 g/mol. The highest BCUT2D eigenvalue weighted by molar-refractivity contribution is 5.89. The van der Waals surface area contributed by atoms with Gasteiger partial charge in [-0.05, 0) is 103 Å². The second kappa shape index (κ2) is 8.21. The van der Waals surface area contributed by atoms with Gasteiger partial charge in [-0.25, -0.2) is 0 Å². The molecule has 0 bridgehead atoms. The van der Waals surface area contributed by atoms with Gasteiger partial charge in [0.25, 0.3) is 0 Å². The first-order valence-electron chi connectivity index (χ1n) is 16.7. The molecule has 5 fully saturated rings. The number of benzene rings is 1. The molecule has 7 nitrogen and oxygen atoms in total. The molecule has 7 aliphatic rings. The summed E-state index contributed by atoms with van der Waals surface area (Å²) in [4.78, 5) is 3.93. The Morgan fingerprint density at radius 1 is 1.00 bits per heavy atom. The summed E-state index contributed by atoms with van der Waals surface area (Å²) in [6.45, 7) is 17.3. The lowest BCUT2D eigenvalue weighted by molar-refractivity contribution is -0.332. The highest BCUT2D eigenvalue weighted by atomic mass is 16.8. The van der Waals surface area contributed by atoms with Gasteiger partial charge in [0.1, 0.15) is 35.3 Å². The van der Waals surface area contributed by atoms with Crippen molar-refractivity contribution in [2.45, 2.75) is 146 Å². The Hall–Kier alpha value is -2.16. The molecule has 1 unspecified atom stereocenters. The number of epoxide rings is 2. The number of allylic oxidation sites excluding steroid dienone is 3. The van der Waals surface area contributed by atoms with Crippen molar-refractivity contribution in [3.05, 3.63) is 58.5 Å². The Morgan fingerprint density at radius 2 is 1.75 bits per heavy atom. The normalized spacial score (nSPS) is 46.7. The lowest BCUT2D eigenvalue weighted by Gasteiger charge is -2.64. The third-order valence-electron chi connectivity index (χ3n) is 13.3. The van der Waals surface area contributed by atoms with Gasteiger partial charge in [-0.2, -0.15) is 0 Å². The molecule has 2 aromatic rings. The van der Waals surface area contributed by atoms with Gasteiger partial charge in [0.05, 0.1) is 5.60 Å². The van der Waals surface area contributed by atoms with E-state index < -0.39 is 28.5 Å². The molecule has 1 saturated carbocycles. The summed E-state index contributed by atoms with van der Waals surface area (Å²) in [6, 6.07) is 6.67. The molecule has 4 saturated heterocycles. The molecular weight excluding hydrogens is 554 g/mol. The predicted octanol–water partition coefficient (Wildman–Crippen LogP) is 6.16. The van der Waals surface area contributed by atoms with Gasteiger partial charge in [0.2, 0.25) is 0 Å². The van der Waals surface area contributed by atoms with Crippen LogP contribution >= 0.6 is 0 Å². The number of aliphatic hydroxyl groups is 1. The molecule has 44 heavy (non-hydrogen) atoms. The number of rotatable bonds is 3. The van der Waals surface area contributed by atoms with Crippen molar-refractivity contribution in [1.82, 2.24) is 4.98 Å². The highest BCUT2D eigenvalue weighted by Crippen LogP contribution is 2.75. The number of H-pyrrole nitrogens is 1. The Balaban J connectivity index is 1.13. The van der Waals surface area contributed by atoms with Crippen LogP contribution in [0.3, 0.4) is 0 Å². The predicted molar refractivity (Wildman–Crippen MR) is 166 cm³/mol. The summed E-state index contributed by atoms with van der Waals surface area (Å²) >= 11 is 0. The Labute approximate surface area is 260 Å². The fourth-order valence-electron chi connectivity index (χ4n) is 10.5. The van der Waals surface area contributed by atoms with Crippen molar-refractivity contribution in [3.63, 3.8) is 0 Å². The maximum absolute atomic E-state index is 13.3. The SMILES string of the molecule is CC(C)=CCc1cccc2[nH]c3c(c12)C[C@@H]1CC[C@]2(O)[C@](C)(CC=C4O[C@H]5[C@@H](O[C@H](C6OC6(C)C)OC5(C)C)[C@H]5O[C@@]452)[C@@]31C. The summed E-state index contributed by atoms with van der Waals surface area (Å²) < 4.78 is 32.7. The smallest absolute Gasteiger partial charge is 0.188 e. The van der Waals surface area contributed by atoms with Crippen molar-refractivity contribution in [2.75, 3.05) is 0 Å². The van der Waals surface area contributed by atoms with E-state index in [0.29, 0.717) is 12.3 Å². The van der Waals surface area contributed by atoms with E-state index in [2.05, 4.69) is 90.7 Å². The topological polar surface area (TPSA) is 88.8 Å². The van der Waals surface area contributed by atoms with Crippen LogP contribution in [0.5, 0.6) is 0 Å². The number of hydrogen-bond donors (Lipinski definition) is 2. The van der Waals surface area contributed by atoms with Gasteiger partial charge in [-0.1, -0.05) is 37.6 Å². The van der Waals surface area contributed by atoms with Crippen molar-refractivity contribution in [2.24, 2.45) is 11.3 Å². The molecule has 3 aliphatic carbocycles. The lowest BCUT2D eigenvalue weighted by atomic mass is 9.42. The molecular formula is C37H47NO6.